The second kappa shape index (κ2) is 10.6. The summed E-state index contributed by atoms with van der Waals surface area (Å²) in [5, 5.41) is 13.9. The Kier molecular flexibility index (Phi) is 7.65. The molecule has 2 aromatic carbocycles. The highest BCUT2D eigenvalue weighted by Gasteiger charge is 2.19. The van der Waals surface area contributed by atoms with E-state index >= 15 is 0 Å². The van der Waals surface area contributed by atoms with Crippen LogP contribution in [0.1, 0.15) is 22.3 Å². The lowest BCUT2D eigenvalue weighted by atomic mass is 10.0. The van der Waals surface area contributed by atoms with Crippen LogP contribution >= 0.6 is 0 Å². The summed E-state index contributed by atoms with van der Waals surface area (Å²) in [6.45, 7) is -0.00119. The fourth-order valence-electron chi connectivity index (χ4n) is 3.50. The molecule has 0 spiro atoms. The maximum Gasteiger partial charge on any atom is 0.251 e. The van der Waals surface area contributed by atoms with Gasteiger partial charge in [-0.15, -0.1) is 0 Å². The van der Waals surface area contributed by atoms with Crippen molar-refractivity contribution in [2.75, 3.05) is 6.54 Å². The quantitative estimate of drug-likeness (QED) is 0.189. The van der Waals surface area contributed by atoms with E-state index in [2.05, 4.69) is 5.32 Å². The molecule has 0 aliphatic carbocycles. The minimum Gasteiger partial charge on any atom is -0.399 e. The van der Waals surface area contributed by atoms with Crippen molar-refractivity contribution >= 4 is 22.7 Å². The number of fused-ring (bicyclic) bond motifs is 1. The number of hydrazine groups is 1. The van der Waals surface area contributed by atoms with Gasteiger partial charge in [-0.3, -0.25) is 14.8 Å². The van der Waals surface area contributed by atoms with E-state index in [1.165, 1.54) is 35.5 Å². The fourth-order valence-corrected chi connectivity index (χ4v) is 3.50. The first-order valence-electron chi connectivity index (χ1n) is 10.3. The van der Waals surface area contributed by atoms with Crippen LogP contribution in [0.25, 0.3) is 10.9 Å². The molecule has 3 rings (SSSR count). The molecule has 0 saturated carbocycles. The Balaban J connectivity index is 1.68. The molecule has 2 amide bonds. The van der Waals surface area contributed by atoms with E-state index in [1.807, 2.05) is 42.1 Å². The molecular formula is C23H27FN6O3. The fraction of sp³-hybridized carbons (Fsp3) is 0.217. The number of nitrogens with zero attached hydrogens (tertiary/aromatic N) is 2. The zero-order valence-corrected chi connectivity index (χ0v) is 18.2. The van der Waals surface area contributed by atoms with Gasteiger partial charge in [-0.05, 0) is 59.8 Å². The lowest BCUT2D eigenvalue weighted by Gasteiger charge is -2.26. The van der Waals surface area contributed by atoms with Crippen molar-refractivity contribution in [3.8, 4) is 0 Å². The third-order valence-corrected chi connectivity index (χ3v) is 5.26. The first kappa shape index (κ1) is 23.8. The molecule has 7 N–H and O–H groups in total. The molecule has 0 aliphatic rings. The molecule has 174 valence electrons. The highest BCUT2D eigenvalue weighted by molar-refractivity contribution is 5.94. The number of benzene rings is 2. The highest BCUT2D eigenvalue weighted by Crippen LogP contribution is 2.19. The third kappa shape index (κ3) is 6.31. The number of nitrogens with two attached hydrogens (primary N) is 2. The number of carbonyl (C=O) groups is 2. The predicted octanol–water partition coefficient (Wildman–Crippen LogP) is 1.53. The van der Waals surface area contributed by atoms with Crippen LogP contribution in [0.2, 0.25) is 0 Å². The number of aryl methyl sites for hydroxylation is 1. The van der Waals surface area contributed by atoms with Crippen molar-refractivity contribution in [2.45, 2.75) is 18.9 Å². The molecule has 0 radical (unpaired) electrons. The summed E-state index contributed by atoms with van der Waals surface area (Å²) >= 11 is 0. The number of hydrogen-bond donors (Lipinski definition) is 5. The second-order valence-electron chi connectivity index (χ2n) is 7.76. The average Bonchev–Trinajstić information content (AvgIpc) is 3.17. The number of hydroxylamine groups is 1. The third-order valence-electron chi connectivity index (χ3n) is 5.26. The Morgan fingerprint density at radius 3 is 2.64 bits per heavy atom. The van der Waals surface area contributed by atoms with Gasteiger partial charge < -0.3 is 20.6 Å². The standard InChI is InChI=1S/C23H27FN6O3/c1-29-9-8-17-10-15(2-7-21(17)29)11-20(12-22(31)28-33)30(26)14-19(25)13-27-23(32)16-3-5-18(24)6-4-16/h2-10,14,20,33H,11-13,25-26H2,1H3,(H,27,32)(H,28,31)/b19-14-/t20-/m1/s1. The monoisotopic (exact) mass is 454 g/mol. The van der Waals surface area contributed by atoms with Gasteiger partial charge in [0.15, 0.2) is 0 Å². The summed E-state index contributed by atoms with van der Waals surface area (Å²) in [6, 6.07) is 12.6. The van der Waals surface area contributed by atoms with Crippen LogP contribution < -0.4 is 22.4 Å². The predicted molar refractivity (Wildman–Crippen MR) is 122 cm³/mol. The summed E-state index contributed by atoms with van der Waals surface area (Å²) in [6.07, 6.45) is 3.73. The van der Waals surface area contributed by atoms with Gasteiger partial charge >= 0.3 is 0 Å². The number of aromatic nitrogens is 1. The summed E-state index contributed by atoms with van der Waals surface area (Å²) < 4.78 is 15.0. The molecule has 9 nitrogen and oxygen atoms in total. The Morgan fingerprint density at radius 1 is 1.21 bits per heavy atom. The second-order valence-corrected chi connectivity index (χ2v) is 7.76. The maximum atomic E-state index is 13.0. The molecular weight excluding hydrogens is 427 g/mol. The van der Waals surface area contributed by atoms with Gasteiger partial charge in [-0.25, -0.2) is 15.7 Å². The average molecular weight is 455 g/mol. The van der Waals surface area contributed by atoms with E-state index in [-0.39, 0.29) is 18.7 Å². The van der Waals surface area contributed by atoms with Crippen LogP contribution in [0.15, 0.2) is 66.6 Å². The Bertz CT molecular complexity index is 1160. The van der Waals surface area contributed by atoms with Crippen LogP contribution in [0, 0.1) is 5.82 Å². The van der Waals surface area contributed by atoms with Gasteiger partial charge in [0, 0.05) is 36.2 Å². The SMILES string of the molecule is Cn1ccc2cc(C[C@H](CC(=O)NO)N(N)/C=C(\N)CNC(=O)c3ccc(F)cc3)ccc21. The smallest absolute Gasteiger partial charge is 0.251 e. The summed E-state index contributed by atoms with van der Waals surface area (Å²) in [5.41, 5.74) is 10.2. The molecule has 1 aromatic heterocycles. The van der Waals surface area contributed by atoms with E-state index < -0.39 is 23.7 Å². The molecule has 1 atom stereocenters. The lowest BCUT2D eigenvalue weighted by molar-refractivity contribution is -0.130. The van der Waals surface area contributed by atoms with E-state index in [4.69, 9.17) is 16.8 Å². The van der Waals surface area contributed by atoms with Crippen molar-refractivity contribution in [2.24, 2.45) is 18.6 Å². The Morgan fingerprint density at radius 2 is 1.94 bits per heavy atom. The van der Waals surface area contributed by atoms with Crippen molar-refractivity contribution in [1.29, 1.82) is 0 Å². The van der Waals surface area contributed by atoms with Gasteiger partial charge in [-0.2, -0.15) is 0 Å². The zero-order valence-electron chi connectivity index (χ0n) is 18.2. The topological polar surface area (TPSA) is 139 Å². The van der Waals surface area contributed by atoms with Crippen molar-refractivity contribution in [3.05, 3.63) is 83.6 Å². The van der Waals surface area contributed by atoms with Crippen LogP contribution in [-0.4, -0.2) is 39.2 Å². The summed E-state index contributed by atoms with van der Waals surface area (Å²) in [5.74, 6) is 4.74. The Labute approximate surface area is 190 Å². The minimum absolute atomic E-state index is 0.00119. The minimum atomic E-state index is -0.590. The largest absolute Gasteiger partial charge is 0.399 e. The van der Waals surface area contributed by atoms with E-state index in [1.54, 1.807) is 5.48 Å². The molecule has 33 heavy (non-hydrogen) atoms. The van der Waals surface area contributed by atoms with Gasteiger partial charge in [0.05, 0.1) is 19.0 Å². The van der Waals surface area contributed by atoms with Crippen LogP contribution in [0.4, 0.5) is 4.39 Å². The number of amides is 2. The normalized spacial score (nSPS) is 12.4. The van der Waals surface area contributed by atoms with Gasteiger partial charge in [0.1, 0.15) is 5.82 Å². The summed E-state index contributed by atoms with van der Waals surface area (Å²) in [4.78, 5) is 24.0. The van der Waals surface area contributed by atoms with E-state index in [0.29, 0.717) is 12.0 Å². The number of carbonyl (C=O) groups excluding carboxylic acids is 2. The number of rotatable bonds is 9. The first-order valence-corrected chi connectivity index (χ1v) is 10.3. The Hall–Kier alpha value is -3.89. The van der Waals surface area contributed by atoms with Gasteiger partial charge in [-0.1, -0.05) is 6.07 Å². The van der Waals surface area contributed by atoms with Crippen molar-refractivity contribution < 1.29 is 19.2 Å². The van der Waals surface area contributed by atoms with Gasteiger partial charge in [0.2, 0.25) is 5.91 Å². The first-order chi connectivity index (χ1) is 15.8. The summed E-state index contributed by atoms with van der Waals surface area (Å²) in [7, 11) is 1.96. The maximum absolute atomic E-state index is 13.0. The number of hydrogen-bond acceptors (Lipinski definition) is 6. The van der Waals surface area contributed by atoms with E-state index in [0.717, 1.165) is 16.5 Å². The molecule has 10 heteroatoms. The number of nitrogens with one attached hydrogen (secondary N) is 2. The van der Waals surface area contributed by atoms with Crippen LogP contribution in [-0.2, 0) is 18.3 Å². The molecule has 3 aromatic rings. The molecule has 1 heterocycles. The lowest BCUT2D eigenvalue weighted by Crippen LogP contribution is -2.42. The molecule has 0 bridgehead atoms. The van der Waals surface area contributed by atoms with E-state index in [9.17, 15) is 14.0 Å². The van der Waals surface area contributed by atoms with Gasteiger partial charge in [0.25, 0.3) is 5.91 Å². The van der Waals surface area contributed by atoms with Crippen LogP contribution in [0.3, 0.4) is 0 Å². The van der Waals surface area contributed by atoms with Crippen molar-refractivity contribution in [3.63, 3.8) is 0 Å². The highest BCUT2D eigenvalue weighted by atomic mass is 19.1. The molecule has 0 aliphatic heterocycles. The molecule has 0 saturated heterocycles. The zero-order chi connectivity index (χ0) is 24.0. The number of halogens is 1. The molecule has 0 unspecified atom stereocenters. The molecule has 0 fully saturated rings. The van der Waals surface area contributed by atoms with Crippen molar-refractivity contribution in [1.82, 2.24) is 20.4 Å². The van der Waals surface area contributed by atoms with Crippen LogP contribution in [0.5, 0.6) is 0 Å².